The molecule has 0 radical (unpaired) electrons. The summed E-state index contributed by atoms with van der Waals surface area (Å²) in [5.41, 5.74) is 0. The summed E-state index contributed by atoms with van der Waals surface area (Å²) in [4.78, 5) is 34.2. The number of hydrogen-bond acceptors (Lipinski definition) is 3. The number of nitrogens with one attached hydrogen (secondary N) is 2. The quantitative estimate of drug-likeness (QED) is 0.579. The second kappa shape index (κ2) is 6.65. The number of hydrogen-bond donors (Lipinski definition) is 3. The highest BCUT2D eigenvalue weighted by atomic mass is 16.4. The molecule has 0 bridgehead atoms. The molecule has 0 spiro atoms. The summed E-state index contributed by atoms with van der Waals surface area (Å²) in [6.07, 6.45) is 0.282. The van der Waals surface area contributed by atoms with Crippen LogP contribution in [0, 0.1) is 0 Å². The minimum absolute atomic E-state index is 0.158. The Bertz CT molecular complexity index is 278. The number of carbonyl (C=O) groups excluding carboxylic acids is 2. The molecule has 0 aliphatic heterocycles. The first-order valence-electron chi connectivity index (χ1n) is 4.85. The van der Waals surface area contributed by atoms with Crippen molar-refractivity contribution in [2.45, 2.75) is 19.4 Å². The van der Waals surface area contributed by atoms with Gasteiger partial charge in [0.2, 0.25) is 5.91 Å². The average molecular weight is 231 g/mol. The fourth-order valence-corrected chi connectivity index (χ4v) is 0.862. The lowest BCUT2D eigenvalue weighted by Gasteiger charge is -2.14. The zero-order valence-electron chi connectivity index (χ0n) is 9.61. The summed E-state index contributed by atoms with van der Waals surface area (Å²) in [6.45, 7) is 1.49. The van der Waals surface area contributed by atoms with Crippen molar-refractivity contribution in [3.8, 4) is 0 Å². The molecule has 0 aromatic rings. The van der Waals surface area contributed by atoms with E-state index < -0.39 is 18.0 Å². The lowest BCUT2D eigenvalue weighted by atomic mass is 10.2. The van der Waals surface area contributed by atoms with Crippen molar-refractivity contribution in [1.29, 1.82) is 0 Å². The monoisotopic (exact) mass is 231 g/mol. The summed E-state index contributed by atoms with van der Waals surface area (Å²) in [7, 11) is 3.13. The largest absolute Gasteiger partial charge is 0.480 e. The van der Waals surface area contributed by atoms with Crippen molar-refractivity contribution in [3.05, 3.63) is 0 Å². The average Bonchev–Trinajstić information content (AvgIpc) is 2.21. The third-order valence-corrected chi connectivity index (χ3v) is 1.91. The van der Waals surface area contributed by atoms with Gasteiger partial charge in [0.05, 0.1) is 6.54 Å². The van der Waals surface area contributed by atoms with E-state index >= 15 is 0 Å². The minimum Gasteiger partial charge on any atom is -0.480 e. The molecule has 0 aromatic heterocycles. The first-order chi connectivity index (χ1) is 7.38. The van der Waals surface area contributed by atoms with Gasteiger partial charge in [0.15, 0.2) is 0 Å². The van der Waals surface area contributed by atoms with E-state index in [9.17, 15) is 14.4 Å². The number of carboxylic acids is 1. The van der Waals surface area contributed by atoms with Crippen LogP contribution >= 0.6 is 0 Å². The first kappa shape index (κ1) is 14.2. The third-order valence-electron chi connectivity index (χ3n) is 1.91. The summed E-state index contributed by atoms with van der Waals surface area (Å²) >= 11 is 0. The Kier molecular flexibility index (Phi) is 5.91. The van der Waals surface area contributed by atoms with Crippen LogP contribution in [-0.4, -0.2) is 54.6 Å². The molecular formula is C9H17N3O4. The Morgan fingerprint density at radius 1 is 1.31 bits per heavy atom. The van der Waals surface area contributed by atoms with Gasteiger partial charge in [-0.05, 0) is 6.42 Å². The first-order valence-corrected chi connectivity index (χ1v) is 4.85. The van der Waals surface area contributed by atoms with Crippen LogP contribution in [0.2, 0.25) is 0 Å². The van der Waals surface area contributed by atoms with Gasteiger partial charge in [-0.3, -0.25) is 4.79 Å². The molecule has 0 fully saturated rings. The Balaban J connectivity index is 3.99. The number of urea groups is 1. The van der Waals surface area contributed by atoms with Crippen LogP contribution in [0.15, 0.2) is 0 Å². The molecule has 92 valence electrons. The van der Waals surface area contributed by atoms with Gasteiger partial charge >= 0.3 is 12.0 Å². The van der Waals surface area contributed by atoms with E-state index in [0.29, 0.717) is 0 Å². The van der Waals surface area contributed by atoms with Crippen LogP contribution in [0.3, 0.4) is 0 Å². The van der Waals surface area contributed by atoms with E-state index in [1.54, 1.807) is 21.0 Å². The maximum absolute atomic E-state index is 11.2. The molecule has 1 atom stereocenters. The van der Waals surface area contributed by atoms with Crippen LogP contribution in [0.4, 0.5) is 4.79 Å². The smallest absolute Gasteiger partial charge is 0.326 e. The molecule has 0 unspecified atom stereocenters. The highest BCUT2D eigenvalue weighted by molar-refractivity contribution is 5.86. The van der Waals surface area contributed by atoms with Crippen LogP contribution in [-0.2, 0) is 9.59 Å². The van der Waals surface area contributed by atoms with Gasteiger partial charge in [0, 0.05) is 14.1 Å². The van der Waals surface area contributed by atoms with E-state index in [-0.39, 0.29) is 18.9 Å². The van der Waals surface area contributed by atoms with E-state index in [4.69, 9.17) is 5.11 Å². The fourth-order valence-electron chi connectivity index (χ4n) is 0.862. The second-order valence-corrected chi connectivity index (χ2v) is 3.41. The highest BCUT2D eigenvalue weighted by Crippen LogP contribution is 1.90. The van der Waals surface area contributed by atoms with Gasteiger partial charge in [0.1, 0.15) is 6.04 Å². The number of amides is 3. The van der Waals surface area contributed by atoms with Crippen molar-refractivity contribution >= 4 is 17.9 Å². The van der Waals surface area contributed by atoms with Crippen LogP contribution in [0.5, 0.6) is 0 Å². The molecule has 16 heavy (non-hydrogen) atoms. The second-order valence-electron chi connectivity index (χ2n) is 3.41. The molecule has 3 amide bonds. The van der Waals surface area contributed by atoms with E-state index in [1.165, 1.54) is 4.90 Å². The molecule has 0 aliphatic rings. The zero-order valence-corrected chi connectivity index (χ0v) is 9.61. The van der Waals surface area contributed by atoms with Gasteiger partial charge in [-0.15, -0.1) is 0 Å². The fraction of sp³-hybridized carbons (Fsp3) is 0.667. The predicted octanol–water partition coefficient (Wildman–Crippen LogP) is -0.763. The van der Waals surface area contributed by atoms with Crippen molar-refractivity contribution in [2.75, 3.05) is 20.6 Å². The third kappa shape index (κ3) is 5.18. The van der Waals surface area contributed by atoms with Crippen molar-refractivity contribution in [2.24, 2.45) is 0 Å². The molecule has 0 heterocycles. The summed E-state index contributed by atoms with van der Waals surface area (Å²) in [5, 5.41) is 13.2. The molecule has 0 rings (SSSR count). The van der Waals surface area contributed by atoms with Crippen LogP contribution in [0.25, 0.3) is 0 Å². The van der Waals surface area contributed by atoms with Gasteiger partial charge in [0.25, 0.3) is 0 Å². The zero-order chi connectivity index (χ0) is 12.7. The number of carbonyl (C=O) groups is 3. The summed E-state index contributed by atoms with van der Waals surface area (Å²) in [5.74, 6) is -1.37. The Hall–Kier alpha value is -1.79. The number of aliphatic carboxylic acids is 1. The maximum atomic E-state index is 11.2. The molecule has 0 aromatic carbocycles. The minimum atomic E-state index is -1.10. The number of rotatable bonds is 5. The standard InChI is InChI=1S/C9H17N3O4/c1-4-6(8(14)15)11-9(16)10-5-7(13)12(2)3/h6H,4-5H2,1-3H3,(H,14,15)(H2,10,11,16)/t6-/m1/s1. The van der Waals surface area contributed by atoms with E-state index in [0.717, 1.165) is 0 Å². The van der Waals surface area contributed by atoms with Gasteiger partial charge in [-0.25, -0.2) is 9.59 Å². The predicted molar refractivity (Wildman–Crippen MR) is 56.9 cm³/mol. The molecule has 0 saturated carbocycles. The normalized spacial score (nSPS) is 11.4. The molecule has 3 N–H and O–H groups in total. The molecule has 0 aliphatic carbocycles. The number of likely N-dealkylation sites (N-methyl/N-ethyl adjacent to an activating group) is 1. The highest BCUT2D eigenvalue weighted by Gasteiger charge is 2.17. The van der Waals surface area contributed by atoms with Gasteiger partial charge in [-0.2, -0.15) is 0 Å². The van der Waals surface area contributed by atoms with Crippen LogP contribution in [0.1, 0.15) is 13.3 Å². The van der Waals surface area contributed by atoms with Crippen molar-refractivity contribution < 1.29 is 19.5 Å². The molecular weight excluding hydrogens is 214 g/mol. The molecule has 7 nitrogen and oxygen atoms in total. The van der Waals surface area contributed by atoms with E-state index in [1.807, 2.05) is 0 Å². The lowest BCUT2D eigenvalue weighted by Crippen LogP contribution is -2.48. The lowest BCUT2D eigenvalue weighted by molar-refractivity contribution is -0.139. The maximum Gasteiger partial charge on any atom is 0.326 e. The van der Waals surface area contributed by atoms with Crippen LogP contribution < -0.4 is 10.6 Å². The number of nitrogens with zero attached hydrogens (tertiary/aromatic N) is 1. The Morgan fingerprint density at radius 3 is 2.25 bits per heavy atom. The van der Waals surface area contributed by atoms with E-state index in [2.05, 4.69) is 10.6 Å². The van der Waals surface area contributed by atoms with Gasteiger partial charge < -0.3 is 20.6 Å². The van der Waals surface area contributed by atoms with Crippen molar-refractivity contribution in [3.63, 3.8) is 0 Å². The topological polar surface area (TPSA) is 98.7 Å². The summed E-state index contributed by atoms with van der Waals surface area (Å²) < 4.78 is 0. The van der Waals surface area contributed by atoms with Crippen molar-refractivity contribution in [1.82, 2.24) is 15.5 Å². The summed E-state index contributed by atoms with van der Waals surface area (Å²) in [6, 6.07) is -1.60. The van der Waals surface area contributed by atoms with Gasteiger partial charge in [-0.1, -0.05) is 6.92 Å². The molecule has 7 heteroatoms. The Labute approximate surface area is 93.8 Å². The SMILES string of the molecule is CC[C@@H](NC(=O)NCC(=O)N(C)C)C(=O)O. The molecule has 0 saturated heterocycles. The number of carboxylic acid groups (broad SMARTS) is 1. The Morgan fingerprint density at radius 2 is 1.88 bits per heavy atom.